The first kappa shape index (κ1) is 12.7. The largest absolute Gasteiger partial charge is 0.229 e. The monoisotopic (exact) mass is 344 g/mol. The molecule has 0 aromatic carbocycles. The maximum atomic E-state index is 12.2. The van der Waals surface area contributed by atoms with Gasteiger partial charge >= 0.3 is 0 Å². The Hall–Kier alpha value is 0.280. The van der Waals surface area contributed by atoms with E-state index in [9.17, 15) is 8.42 Å². The summed E-state index contributed by atoms with van der Waals surface area (Å²) in [5.74, 6) is 0. The van der Waals surface area contributed by atoms with Gasteiger partial charge in [-0.3, -0.25) is 0 Å². The lowest BCUT2D eigenvalue weighted by molar-refractivity contribution is 0.489. The highest BCUT2D eigenvalue weighted by atomic mass is 79.9. The maximum absolute atomic E-state index is 12.2. The summed E-state index contributed by atoms with van der Waals surface area (Å²) in [7, 11) is -3.41. The van der Waals surface area contributed by atoms with E-state index < -0.39 is 15.1 Å². The van der Waals surface area contributed by atoms with Crippen LogP contribution in [0, 0.1) is 0 Å². The summed E-state index contributed by atoms with van der Waals surface area (Å²) < 4.78 is 28.6. The van der Waals surface area contributed by atoms with Crippen molar-refractivity contribution >= 4 is 48.9 Å². The molecule has 1 saturated carbocycles. The molecule has 0 unspecified atom stereocenters. The molecule has 0 bridgehead atoms. The molecule has 1 aromatic rings. The van der Waals surface area contributed by atoms with Crippen molar-refractivity contribution in [3.63, 3.8) is 0 Å². The Kier molecular flexibility index (Phi) is 3.88. The number of halogens is 2. The van der Waals surface area contributed by atoms with E-state index in [1.165, 1.54) is 0 Å². The minimum atomic E-state index is -3.41. The van der Waals surface area contributed by atoms with E-state index in [1.807, 2.05) is 0 Å². The Labute approximate surface area is 112 Å². The van der Waals surface area contributed by atoms with Crippen molar-refractivity contribution < 1.29 is 8.42 Å². The molecular formula is C8H10BrClN2O2S2. The van der Waals surface area contributed by atoms with Crippen molar-refractivity contribution in [2.24, 2.45) is 0 Å². The van der Waals surface area contributed by atoms with Gasteiger partial charge in [0.15, 0.2) is 0 Å². The highest BCUT2D eigenvalue weighted by molar-refractivity contribution is 9.10. The third-order valence-electron chi connectivity index (χ3n) is 2.65. The first-order valence-corrected chi connectivity index (χ1v) is 8.44. The van der Waals surface area contributed by atoms with Crippen molar-refractivity contribution in [3.8, 4) is 0 Å². The average Bonchev–Trinajstić information content (AvgIpc) is 2.66. The van der Waals surface area contributed by atoms with E-state index in [4.69, 9.17) is 11.6 Å². The summed E-state index contributed by atoms with van der Waals surface area (Å²) in [6, 6.07) is 0. The van der Waals surface area contributed by atoms with Crippen molar-refractivity contribution in [1.29, 1.82) is 0 Å². The van der Waals surface area contributed by atoms with Gasteiger partial charge in [0.25, 0.3) is 0 Å². The molecule has 0 spiro atoms. The molecule has 0 aliphatic heterocycles. The Morgan fingerprint density at radius 1 is 1.38 bits per heavy atom. The number of alkyl halides is 1. The molecule has 1 fully saturated rings. The van der Waals surface area contributed by atoms with E-state index in [-0.39, 0.29) is 9.72 Å². The van der Waals surface area contributed by atoms with Crippen LogP contribution in [-0.2, 0) is 9.84 Å². The normalized spacial score (nSPS) is 26.9. The van der Waals surface area contributed by atoms with Crippen LogP contribution in [0.2, 0.25) is 0 Å². The van der Waals surface area contributed by atoms with Crippen LogP contribution in [0.25, 0.3) is 0 Å². The molecule has 0 amide bonds. The summed E-state index contributed by atoms with van der Waals surface area (Å²) >= 11 is 10.0. The van der Waals surface area contributed by atoms with Gasteiger partial charge in [-0.25, -0.2) is 8.42 Å². The lowest BCUT2D eigenvalue weighted by Crippen LogP contribution is -2.33. The SMILES string of the molecule is O=S(=O)(c1nc(Br)ns1)[C@H]1CCCC[C@@H]1Cl. The standard InChI is InChI=1S/C8H10BrClN2O2S2/c9-7-11-8(15-12-7)16(13,14)6-4-2-1-3-5(6)10/h5-6H,1-4H2/t5-,6-/m0/s1. The van der Waals surface area contributed by atoms with Gasteiger partial charge in [0.2, 0.25) is 18.9 Å². The fourth-order valence-electron chi connectivity index (χ4n) is 1.84. The molecule has 1 aliphatic carbocycles. The minimum Gasteiger partial charge on any atom is -0.221 e. The highest BCUT2D eigenvalue weighted by Crippen LogP contribution is 2.32. The smallest absolute Gasteiger partial charge is 0.221 e. The predicted molar refractivity (Wildman–Crippen MR) is 66.7 cm³/mol. The number of sulfone groups is 1. The number of aromatic nitrogens is 2. The lowest BCUT2D eigenvalue weighted by atomic mass is 10.00. The molecule has 8 heteroatoms. The van der Waals surface area contributed by atoms with Crippen LogP contribution < -0.4 is 0 Å². The summed E-state index contributed by atoms with van der Waals surface area (Å²) in [6.45, 7) is 0. The lowest BCUT2D eigenvalue weighted by Gasteiger charge is -2.25. The third-order valence-corrected chi connectivity index (χ3v) is 7.28. The zero-order valence-corrected chi connectivity index (χ0v) is 12.2. The van der Waals surface area contributed by atoms with Crippen LogP contribution in [0.3, 0.4) is 0 Å². The van der Waals surface area contributed by atoms with Crippen LogP contribution in [0.4, 0.5) is 0 Å². The van der Waals surface area contributed by atoms with Gasteiger partial charge < -0.3 is 0 Å². The van der Waals surface area contributed by atoms with Crippen molar-refractivity contribution in [3.05, 3.63) is 4.73 Å². The van der Waals surface area contributed by atoms with E-state index in [0.29, 0.717) is 11.2 Å². The molecule has 0 saturated heterocycles. The fraction of sp³-hybridized carbons (Fsp3) is 0.750. The predicted octanol–water partition coefficient (Wildman–Crippen LogP) is 2.62. The summed E-state index contributed by atoms with van der Waals surface area (Å²) in [5.41, 5.74) is 0. The minimum absolute atomic E-state index is 0.0666. The second-order valence-corrected chi connectivity index (χ2v) is 8.08. The Morgan fingerprint density at radius 2 is 2.06 bits per heavy atom. The van der Waals surface area contributed by atoms with Gasteiger partial charge in [-0.1, -0.05) is 12.8 Å². The van der Waals surface area contributed by atoms with E-state index in [1.54, 1.807) is 0 Å². The van der Waals surface area contributed by atoms with Crippen molar-refractivity contribution in [2.45, 2.75) is 40.6 Å². The second-order valence-electron chi connectivity index (χ2n) is 3.71. The molecule has 1 heterocycles. The van der Waals surface area contributed by atoms with E-state index in [0.717, 1.165) is 30.8 Å². The van der Waals surface area contributed by atoms with Gasteiger partial charge in [-0.2, -0.15) is 9.36 Å². The van der Waals surface area contributed by atoms with Gasteiger partial charge in [-0.05, 0) is 40.3 Å². The quantitative estimate of drug-likeness (QED) is 0.773. The van der Waals surface area contributed by atoms with E-state index in [2.05, 4.69) is 25.3 Å². The zero-order valence-electron chi connectivity index (χ0n) is 8.27. The van der Waals surface area contributed by atoms with Crippen molar-refractivity contribution in [2.75, 3.05) is 0 Å². The average molecular weight is 346 g/mol. The Bertz CT molecular complexity index is 476. The Balaban J connectivity index is 2.31. The first-order valence-electron chi connectivity index (χ1n) is 4.89. The highest BCUT2D eigenvalue weighted by Gasteiger charge is 2.37. The summed E-state index contributed by atoms with van der Waals surface area (Å²) in [4.78, 5) is 3.87. The molecule has 16 heavy (non-hydrogen) atoms. The van der Waals surface area contributed by atoms with Gasteiger partial charge in [0.05, 0.1) is 10.6 Å². The molecule has 1 aromatic heterocycles. The topological polar surface area (TPSA) is 59.9 Å². The fourth-order valence-corrected chi connectivity index (χ4v) is 5.85. The number of hydrogen-bond acceptors (Lipinski definition) is 5. The molecule has 2 atom stereocenters. The summed E-state index contributed by atoms with van der Waals surface area (Å²) in [5, 5.41) is -0.816. The molecular weight excluding hydrogens is 336 g/mol. The molecule has 0 radical (unpaired) electrons. The Morgan fingerprint density at radius 3 is 2.62 bits per heavy atom. The second kappa shape index (κ2) is 4.88. The van der Waals surface area contributed by atoms with Crippen LogP contribution in [0.1, 0.15) is 25.7 Å². The molecule has 4 nitrogen and oxygen atoms in total. The third kappa shape index (κ3) is 2.42. The molecule has 0 N–H and O–H groups in total. The number of hydrogen-bond donors (Lipinski definition) is 0. The van der Waals surface area contributed by atoms with Crippen molar-refractivity contribution in [1.82, 2.24) is 9.36 Å². The maximum Gasteiger partial charge on any atom is 0.229 e. The first-order chi connectivity index (χ1) is 7.51. The number of nitrogens with zero attached hydrogens (tertiary/aromatic N) is 2. The number of rotatable bonds is 2. The zero-order chi connectivity index (χ0) is 11.8. The van der Waals surface area contributed by atoms with Crippen LogP contribution in [0.15, 0.2) is 9.07 Å². The van der Waals surface area contributed by atoms with Gasteiger partial charge in [0.1, 0.15) is 0 Å². The van der Waals surface area contributed by atoms with Crippen LogP contribution >= 0.6 is 39.1 Å². The van der Waals surface area contributed by atoms with Gasteiger partial charge in [-0.15, -0.1) is 11.6 Å². The molecule has 90 valence electrons. The molecule has 2 rings (SSSR count). The summed E-state index contributed by atoms with van der Waals surface area (Å²) in [6.07, 6.45) is 3.28. The van der Waals surface area contributed by atoms with E-state index >= 15 is 0 Å². The van der Waals surface area contributed by atoms with Crippen LogP contribution in [-0.4, -0.2) is 28.4 Å². The van der Waals surface area contributed by atoms with Crippen LogP contribution in [0.5, 0.6) is 0 Å². The van der Waals surface area contributed by atoms with Gasteiger partial charge in [0, 0.05) is 0 Å². The molecule has 1 aliphatic rings.